The second-order valence-electron chi connectivity index (χ2n) is 5.54. The Morgan fingerprint density at radius 1 is 1.24 bits per heavy atom. The van der Waals surface area contributed by atoms with Crippen LogP contribution in [-0.2, 0) is 0 Å². The molecule has 17 heavy (non-hydrogen) atoms. The molecule has 3 N–H and O–H groups in total. The molecule has 1 aliphatic heterocycles. The van der Waals surface area contributed by atoms with Crippen molar-refractivity contribution in [2.24, 2.45) is 0 Å². The van der Waals surface area contributed by atoms with Crippen LogP contribution in [-0.4, -0.2) is 56.7 Å². The molecule has 0 aliphatic carbocycles. The highest BCUT2D eigenvalue weighted by atomic mass is 32.3. The molecule has 1 rings (SSSR count). The normalized spacial score (nSPS) is 26.1. The van der Waals surface area contributed by atoms with Crippen LogP contribution in [0.1, 0.15) is 34.1 Å². The molecular formula is C12H28N2O2S. The molecule has 5 heteroatoms. The van der Waals surface area contributed by atoms with Gasteiger partial charge in [0.15, 0.2) is 0 Å². The van der Waals surface area contributed by atoms with Gasteiger partial charge in [0.2, 0.25) is 0 Å². The molecule has 0 spiro atoms. The molecule has 0 aromatic rings. The lowest BCUT2D eigenvalue weighted by Gasteiger charge is -2.31. The minimum Gasteiger partial charge on any atom is -0.311 e. The molecule has 1 fully saturated rings. The van der Waals surface area contributed by atoms with Gasteiger partial charge in [0.25, 0.3) is 0 Å². The van der Waals surface area contributed by atoms with Crippen LogP contribution in [0.2, 0.25) is 0 Å². The summed E-state index contributed by atoms with van der Waals surface area (Å²) in [6.07, 6.45) is 0.895. The quantitative estimate of drug-likeness (QED) is 0.688. The second kappa shape index (κ2) is 6.38. The monoisotopic (exact) mass is 264 g/mol. The van der Waals surface area contributed by atoms with E-state index in [1.54, 1.807) is 0 Å². The van der Waals surface area contributed by atoms with Gasteiger partial charge in [-0.15, -0.1) is 0 Å². The van der Waals surface area contributed by atoms with Crippen molar-refractivity contribution in [2.75, 3.05) is 24.6 Å². The molecule has 1 heterocycles. The predicted octanol–water partition coefficient (Wildman–Crippen LogP) is 2.22. The Labute approximate surface area is 107 Å². The van der Waals surface area contributed by atoms with Crippen molar-refractivity contribution in [1.29, 1.82) is 0 Å². The summed E-state index contributed by atoms with van der Waals surface area (Å²) in [7, 11) is -2.25. The first-order valence-corrected chi connectivity index (χ1v) is 8.43. The van der Waals surface area contributed by atoms with E-state index in [0.29, 0.717) is 29.6 Å². The third-order valence-corrected chi connectivity index (χ3v) is 5.22. The van der Waals surface area contributed by atoms with Gasteiger partial charge in [0.05, 0.1) is 5.75 Å². The average molecular weight is 264 g/mol. The summed E-state index contributed by atoms with van der Waals surface area (Å²) in [6.45, 7) is 10.8. The van der Waals surface area contributed by atoms with E-state index in [9.17, 15) is 9.11 Å². The molecule has 0 aromatic heterocycles. The van der Waals surface area contributed by atoms with Crippen LogP contribution in [0.5, 0.6) is 0 Å². The smallest absolute Gasteiger partial charge is 0.0528 e. The summed E-state index contributed by atoms with van der Waals surface area (Å²) in [5.41, 5.74) is 0. The molecule has 0 aromatic carbocycles. The minimum atomic E-state index is -2.25. The topological polar surface area (TPSA) is 55.7 Å². The van der Waals surface area contributed by atoms with Gasteiger partial charge >= 0.3 is 0 Å². The Hall–Kier alpha value is 0.190. The molecule has 1 atom stereocenters. The molecule has 4 nitrogen and oxygen atoms in total. The van der Waals surface area contributed by atoms with Crippen LogP contribution in [0.15, 0.2) is 0 Å². The summed E-state index contributed by atoms with van der Waals surface area (Å²) < 4.78 is 19.1. The van der Waals surface area contributed by atoms with Crippen LogP contribution >= 0.6 is 10.6 Å². The van der Waals surface area contributed by atoms with E-state index in [2.05, 4.69) is 37.9 Å². The van der Waals surface area contributed by atoms with Crippen LogP contribution in [0.4, 0.5) is 0 Å². The van der Waals surface area contributed by atoms with E-state index < -0.39 is 10.6 Å². The SMILES string of the molecule is CC(C)N(CCNC1CCS(O)(O)C1)C(C)C. The van der Waals surface area contributed by atoms with Crippen molar-refractivity contribution < 1.29 is 9.11 Å². The highest BCUT2D eigenvalue weighted by molar-refractivity contribution is 8.24. The zero-order valence-corrected chi connectivity index (χ0v) is 12.3. The fraction of sp³-hybridized carbons (Fsp3) is 1.00. The Balaban J connectivity index is 2.23. The van der Waals surface area contributed by atoms with Crippen molar-refractivity contribution in [3.05, 3.63) is 0 Å². The third kappa shape index (κ3) is 5.14. The fourth-order valence-electron chi connectivity index (χ4n) is 2.49. The Bertz CT molecular complexity index is 227. The minimum absolute atomic E-state index is 0.293. The van der Waals surface area contributed by atoms with E-state index in [1.807, 2.05) is 0 Å². The maximum absolute atomic E-state index is 9.54. The fourth-order valence-corrected chi connectivity index (χ4v) is 4.25. The number of nitrogens with one attached hydrogen (secondary N) is 1. The van der Waals surface area contributed by atoms with Gasteiger partial charge in [0.1, 0.15) is 0 Å². The largest absolute Gasteiger partial charge is 0.311 e. The van der Waals surface area contributed by atoms with Crippen molar-refractivity contribution in [3.8, 4) is 0 Å². The number of hydrogen-bond donors (Lipinski definition) is 3. The Kier molecular flexibility index (Phi) is 5.73. The first-order chi connectivity index (χ1) is 7.82. The third-order valence-electron chi connectivity index (χ3n) is 3.39. The van der Waals surface area contributed by atoms with Gasteiger partial charge < -0.3 is 5.32 Å². The summed E-state index contributed by atoms with van der Waals surface area (Å²) in [5.74, 6) is 1.11. The summed E-state index contributed by atoms with van der Waals surface area (Å²) in [4.78, 5) is 2.44. The highest BCUT2D eigenvalue weighted by Gasteiger charge is 2.27. The lowest BCUT2D eigenvalue weighted by molar-refractivity contribution is 0.174. The summed E-state index contributed by atoms with van der Waals surface area (Å²) in [6, 6.07) is 1.41. The number of hydrogen-bond acceptors (Lipinski definition) is 4. The Morgan fingerprint density at radius 2 is 1.82 bits per heavy atom. The zero-order chi connectivity index (χ0) is 13.1. The lowest BCUT2D eigenvalue weighted by Crippen LogP contribution is -2.43. The zero-order valence-electron chi connectivity index (χ0n) is 11.5. The van der Waals surface area contributed by atoms with Crippen molar-refractivity contribution >= 4 is 10.6 Å². The van der Waals surface area contributed by atoms with Crippen LogP contribution in [0.3, 0.4) is 0 Å². The van der Waals surface area contributed by atoms with Gasteiger partial charge in [-0.05, 0) is 34.1 Å². The number of nitrogens with zero attached hydrogens (tertiary/aromatic N) is 1. The molecule has 104 valence electrons. The first kappa shape index (κ1) is 15.2. The second-order valence-corrected chi connectivity index (χ2v) is 7.88. The van der Waals surface area contributed by atoms with E-state index in [4.69, 9.17) is 0 Å². The summed E-state index contributed by atoms with van der Waals surface area (Å²) in [5, 5.41) is 3.44. The van der Waals surface area contributed by atoms with Gasteiger partial charge in [-0.3, -0.25) is 14.0 Å². The molecule has 0 bridgehead atoms. The molecule has 0 saturated carbocycles. The molecule has 1 unspecified atom stereocenters. The van der Waals surface area contributed by atoms with Crippen molar-refractivity contribution in [2.45, 2.75) is 52.2 Å². The predicted molar refractivity (Wildman–Crippen MR) is 76.0 cm³/mol. The molecule has 1 saturated heterocycles. The average Bonchev–Trinajstić information content (AvgIpc) is 2.51. The first-order valence-electron chi connectivity index (χ1n) is 6.54. The van der Waals surface area contributed by atoms with Crippen molar-refractivity contribution in [1.82, 2.24) is 10.2 Å². The van der Waals surface area contributed by atoms with Gasteiger partial charge in [-0.1, -0.05) is 0 Å². The van der Waals surface area contributed by atoms with E-state index in [0.717, 1.165) is 19.5 Å². The van der Waals surface area contributed by atoms with E-state index in [-0.39, 0.29) is 0 Å². The van der Waals surface area contributed by atoms with Crippen LogP contribution < -0.4 is 5.32 Å². The Morgan fingerprint density at radius 3 is 2.24 bits per heavy atom. The van der Waals surface area contributed by atoms with Gasteiger partial charge in [-0.2, -0.15) is 10.6 Å². The van der Waals surface area contributed by atoms with E-state index >= 15 is 0 Å². The van der Waals surface area contributed by atoms with E-state index in [1.165, 1.54) is 0 Å². The van der Waals surface area contributed by atoms with Gasteiger partial charge in [-0.25, -0.2) is 0 Å². The standard InChI is InChI=1S/C12H28N2O2S/c1-10(2)14(11(3)4)7-6-13-12-5-8-17(15,16)9-12/h10-13,15-16H,5-9H2,1-4H3. The summed E-state index contributed by atoms with van der Waals surface area (Å²) >= 11 is 0. The molecule has 1 aliphatic rings. The number of rotatable bonds is 6. The maximum atomic E-state index is 9.54. The molecule has 0 radical (unpaired) electrons. The molecular weight excluding hydrogens is 236 g/mol. The maximum Gasteiger partial charge on any atom is 0.0528 e. The van der Waals surface area contributed by atoms with Crippen LogP contribution in [0, 0.1) is 0 Å². The highest BCUT2D eigenvalue weighted by Crippen LogP contribution is 2.45. The van der Waals surface area contributed by atoms with Gasteiger partial charge in [0, 0.05) is 37.0 Å². The lowest BCUT2D eigenvalue weighted by atomic mass is 10.2. The van der Waals surface area contributed by atoms with Crippen LogP contribution in [0.25, 0.3) is 0 Å². The van der Waals surface area contributed by atoms with Crippen molar-refractivity contribution in [3.63, 3.8) is 0 Å². The molecule has 0 amide bonds.